The summed E-state index contributed by atoms with van der Waals surface area (Å²) >= 11 is 0. The van der Waals surface area contributed by atoms with Gasteiger partial charge in [0.2, 0.25) is 11.8 Å². The lowest BCUT2D eigenvalue weighted by Gasteiger charge is -2.24. The number of nitrogens with one attached hydrogen (secondary N) is 2. The van der Waals surface area contributed by atoms with E-state index in [9.17, 15) is 19.2 Å². The second-order valence-electron chi connectivity index (χ2n) is 12.2. The van der Waals surface area contributed by atoms with Gasteiger partial charge in [0.05, 0.1) is 0 Å². The van der Waals surface area contributed by atoms with E-state index in [0.717, 1.165) is 24.0 Å². The molecule has 2 aliphatic heterocycles. The number of hydrogen-bond acceptors (Lipinski definition) is 6. The molecule has 2 heterocycles. The van der Waals surface area contributed by atoms with Gasteiger partial charge in [0.1, 0.15) is 23.6 Å². The summed E-state index contributed by atoms with van der Waals surface area (Å²) in [5.74, 6) is 0.388. The molecule has 0 unspecified atom stereocenters. The Morgan fingerprint density at radius 3 is 1.32 bits per heavy atom. The minimum atomic E-state index is -0.534. The number of benzene rings is 4. The van der Waals surface area contributed by atoms with Crippen LogP contribution < -0.4 is 20.1 Å². The highest BCUT2D eigenvalue weighted by Gasteiger charge is 2.35. The number of nitrogens with zero attached hydrogens (tertiary/aromatic N) is 2. The van der Waals surface area contributed by atoms with Crippen molar-refractivity contribution in [2.24, 2.45) is 0 Å². The number of likely N-dealkylation sites (tertiary alicyclic amines) is 2. The Morgan fingerprint density at radius 2 is 0.940 bits per heavy atom. The Kier molecular flexibility index (Phi) is 11.2. The lowest BCUT2D eigenvalue weighted by molar-refractivity contribution is -0.138. The molecule has 2 N–H and O–H groups in total. The Labute approximate surface area is 291 Å². The number of amides is 4. The first-order chi connectivity index (χ1) is 24.4. The highest BCUT2D eigenvalue weighted by molar-refractivity contribution is 5.98. The van der Waals surface area contributed by atoms with Gasteiger partial charge in [-0.1, -0.05) is 72.8 Å². The summed E-state index contributed by atoms with van der Waals surface area (Å²) in [6.45, 7) is 0.828. The van der Waals surface area contributed by atoms with E-state index in [4.69, 9.17) is 9.47 Å². The highest BCUT2D eigenvalue weighted by Crippen LogP contribution is 2.23. The van der Waals surface area contributed by atoms with Crippen LogP contribution in [0.4, 0.5) is 11.4 Å². The van der Waals surface area contributed by atoms with Crippen LogP contribution >= 0.6 is 0 Å². The van der Waals surface area contributed by atoms with Gasteiger partial charge in [0.15, 0.2) is 13.2 Å². The van der Waals surface area contributed by atoms with Crippen LogP contribution in [0.2, 0.25) is 0 Å². The third kappa shape index (κ3) is 8.96. The largest absolute Gasteiger partial charge is 0.484 e. The number of anilines is 2. The second-order valence-corrected chi connectivity index (χ2v) is 12.2. The van der Waals surface area contributed by atoms with Crippen LogP contribution in [0, 0.1) is 0 Å². The van der Waals surface area contributed by atoms with Crippen molar-refractivity contribution in [3.05, 3.63) is 120 Å². The predicted molar refractivity (Wildman–Crippen MR) is 192 cm³/mol. The summed E-state index contributed by atoms with van der Waals surface area (Å²) in [4.78, 5) is 55.0. The van der Waals surface area contributed by atoms with Crippen molar-refractivity contribution in [1.29, 1.82) is 0 Å². The molecule has 2 atom stereocenters. The van der Waals surface area contributed by atoms with Crippen LogP contribution in [0.25, 0.3) is 12.2 Å². The van der Waals surface area contributed by atoms with E-state index in [1.165, 1.54) is 0 Å². The van der Waals surface area contributed by atoms with Crippen LogP contribution in [0.15, 0.2) is 109 Å². The van der Waals surface area contributed by atoms with E-state index in [-0.39, 0.29) is 36.8 Å². The van der Waals surface area contributed by atoms with Gasteiger partial charge < -0.3 is 29.9 Å². The molecule has 0 bridgehead atoms. The molecule has 0 radical (unpaired) electrons. The summed E-state index contributed by atoms with van der Waals surface area (Å²) in [6, 6.07) is 32.2. The molecule has 2 aliphatic rings. The van der Waals surface area contributed by atoms with Gasteiger partial charge in [-0.3, -0.25) is 19.2 Å². The van der Waals surface area contributed by atoms with Crippen LogP contribution in [0.3, 0.4) is 0 Å². The van der Waals surface area contributed by atoms with Crippen molar-refractivity contribution < 1.29 is 28.7 Å². The molecule has 4 amide bonds. The Morgan fingerprint density at radius 1 is 0.560 bits per heavy atom. The number of carbonyl (C=O) groups is 4. The molecule has 0 spiro atoms. The molecule has 6 rings (SSSR count). The van der Waals surface area contributed by atoms with Crippen molar-refractivity contribution >= 4 is 47.2 Å². The highest BCUT2D eigenvalue weighted by atomic mass is 16.5. The summed E-state index contributed by atoms with van der Waals surface area (Å²) in [6.07, 6.45) is 6.66. The number of carbonyl (C=O) groups excluding carboxylic acids is 4. The fourth-order valence-corrected chi connectivity index (χ4v) is 6.16. The van der Waals surface area contributed by atoms with Crippen molar-refractivity contribution in [2.75, 3.05) is 36.9 Å². The molecule has 0 saturated carbocycles. The average molecular weight is 673 g/mol. The molecule has 2 saturated heterocycles. The average Bonchev–Trinajstić information content (AvgIpc) is 3.86. The molecule has 2 fully saturated rings. The quantitative estimate of drug-likeness (QED) is 0.182. The predicted octanol–water partition coefficient (Wildman–Crippen LogP) is 5.87. The standard InChI is InChI=1S/C40H40N4O6/c45-37(27-49-33-9-3-1-4-10-33)43-25-7-13-35(43)39(47)41-31-21-17-29(18-22-31)15-16-30-19-23-32(24-20-30)42-40(48)36-14-8-26-44(36)38(46)28-50-34-11-5-2-6-12-34/h1-6,9-12,15-24,35-36H,7-8,13-14,25-28H2,(H,41,47)(H,42,48)/b16-15+/t35-,36-/m0/s1. The first kappa shape index (κ1) is 34.0. The number of ether oxygens (including phenoxy) is 2. The lowest BCUT2D eigenvalue weighted by atomic mass is 10.1. The maximum absolute atomic E-state index is 13.1. The van der Waals surface area contributed by atoms with Crippen molar-refractivity contribution in [3.8, 4) is 11.5 Å². The van der Waals surface area contributed by atoms with Gasteiger partial charge in [-0.05, 0) is 85.3 Å². The van der Waals surface area contributed by atoms with Crippen LogP contribution in [0.1, 0.15) is 36.8 Å². The summed E-state index contributed by atoms with van der Waals surface area (Å²) in [7, 11) is 0. The normalized spacial score (nSPS) is 17.0. The third-order valence-electron chi connectivity index (χ3n) is 8.79. The van der Waals surface area contributed by atoms with E-state index >= 15 is 0 Å². The molecule has 50 heavy (non-hydrogen) atoms. The van der Waals surface area contributed by atoms with E-state index < -0.39 is 12.1 Å². The molecule has 256 valence electrons. The summed E-state index contributed by atoms with van der Waals surface area (Å²) in [5, 5.41) is 5.89. The summed E-state index contributed by atoms with van der Waals surface area (Å²) < 4.78 is 11.2. The molecule has 10 heteroatoms. The van der Waals surface area contributed by atoms with E-state index in [1.807, 2.05) is 97.1 Å². The zero-order valence-corrected chi connectivity index (χ0v) is 27.7. The Balaban J connectivity index is 0.961. The lowest BCUT2D eigenvalue weighted by Crippen LogP contribution is -2.45. The Hall–Kier alpha value is -5.90. The van der Waals surface area contributed by atoms with Crippen molar-refractivity contribution in [3.63, 3.8) is 0 Å². The van der Waals surface area contributed by atoms with Crippen LogP contribution in [-0.2, 0) is 19.2 Å². The SMILES string of the molecule is O=C(Nc1ccc(/C=C/c2ccc(NC(=O)[C@@H]3CCCN3C(=O)COc3ccccc3)cc2)cc1)[C@@H]1CCCN1C(=O)COc1ccccc1. The minimum Gasteiger partial charge on any atom is -0.484 e. The second kappa shape index (κ2) is 16.5. The molecule has 10 nitrogen and oxygen atoms in total. The molecular formula is C40H40N4O6. The number of rotatable bonds is 12. The minimum absolute atomic E-state index is 0.111. The molecular weight excluding hydrogens is 632 g/mol. The monoisotopic (exact) mass is 672 g/mol. The van der Waals surface area contributed by atoms with Crippen LogP contribution in [-0.4, -0.2) is 71.8 Å². The fourth-order valence-electron chi connectivity index (χ4n) is 6.16. The maximum Gasteiger partial charge on any atom is 0.261 e. The van der Waals surface area contributed by atoms with Gasteiger partial charge >= 0.3 is 0 Å². The zero-order valence-electron chi connectivity index (χ0n) is 27.7. The van der Waals surface area contributed by atoms with E-state index in [1.54, 1.807) is 34.1 Å². The first-order valence-electron chi connectivity index (χ1n) is 16.9. The maximum atomic E-state index is 13.1. The topological polar surface area (TPSA) is 117 Å². The van der Waals surface area contributed by atoms with Crippen LogP contribution in [0.5, 0.6) is 11.5 Å². The Bertz CT molecular complexity index is 1660. The molecule has 4 aromatic carbocycles. The van der Waals surface area contributed by atoms with Gasteiger partial charge in [-0.25, -0.2) is 0 Å². The van der Waals surface area contributed by atoms with Gasteiger partial charge in [0, 0.05) is 24.5 Å². The van der Waals surface area contributed by atoms with Gasteiger partial charge in [-0.2, -0.15) is 0 Å². The number of hydrogen-bond donors (Lipinski definition) is 2. The number of para-hydroxylation sites is 2. The van der Waals surface area contributed by atoms with E-state index in [0.29, 0.717) is 48.8 Å². The zero-order chi connectivity index (χ0) is 34.7. The smallest absolute Gasteiger partial charge is 0.261 e. The van der Waals surface area contributed by atoms with E-state index in [2.05, 4.69) is 10.6 Å². The van der Waals surface area contributed by atoms with Gasteiger partial charge in [-0.15, -0.1) is 0 Å². The molecule has 0 aliphatic carbocycles. The molecule has 4 aromatic rings. The third-order valence-corrected chi connectivity index (χ3v) is 8.79. The first-order valence-corrected chi connectivity index (χ1v) is 16.9. The fraction of sp³-hybridized carbons (Fsp3) is 0.250. The van der Waals surface area contributed by atoms with Crippen molar-refractivity contribution in [1.82, 2.24) is 9.80 Å². The molecule has 0 aromatic heterocycles. The van der Waals surface area contributed by atoms with Gasteiger partial charge in [0.25, 0.3) is 11.8 Å². The van der Waals surface area contributed by atoms with Crippen molar-refractivity contribution in [2.45, 2.75) is 37.8 Å². The summed E-state index contributed by atoms with van der Waals surface area (Å²) in [5.41, 5.74) is 3.19.